The maximum absolute atomic E-state index is 11.6. The van der Waals surface area contributed by atoms with Gasteiger partial charge in [-0.15, -0.1) is 20.4 Å². The Kier molecular flexibility index (Phi) is 10.8. The van der Waals surface area contributed by atoms with Crippen LogP contribution in [0.5, 0.6) is 0 Å². The first kappa shape index (κ1) is 30.6. The van der Waals surface area contributed by atoms with E-state index in [0.717, 1.165) is 16.7 Å². The van der Waals surface area contributed by atoms with Gasteiger partial charge in [-0.3, -0.25) is 0 Å². The van der Waals surface area contributed by atoms with Gasteiger partial charge in [0.25, 0.3) is 0 Å². The van der Waals surface area contributed by atoms with Crippen LogP contribution >= 0.6 is 0 Å². The number of aryl methyl sites for hydroxylation is 1. The molecule has 39 heavy (non-hydrogen) atoms. The van der Waals surface area contributed by atoms with Gasteiger partial charge in [0.15, 0.2) is 11.5 Å². The van der Waals surface area contributed by atoms with Crippen LogP contribution < -0.4 is 10.6 Å². The highest BCUT2D eigenvalue weighted by atomic mass is 16.6. The number of hydrogen-bond acceptors (Lipinski definition) is 8. The molecule has 3 aromatic rings. The highest BCUT2D eigenvalue weighted by Crippen LogP contribution is 2.15. The van der Waals surface area contributed by atoms with Crippen LogP contribution in [0.3, 0.4) is 0 Å². The second kappa shape index (κ2) is 13.8. The molecule has 0 saturated heterocycles. The molecule has 1 heterocycles. The van der Waals surface area contributed by atoms with Gasteiger partial charge in [-0.2, -0.15) is 0 Å². The second-order valence-corrected chi connectivity index (χ2v) is 10.5. The van der Waals surface area contributed by atoms with E-state index in [1.807, 2.05) is 77.9 Å². The third kappa shape index (κ3) is 12.5. The van der Waals surface area contributed by atoms with Crippen molar-refractivity contribution in [2.24, 2.45) is 0 Å². The number of rotatable bonds is 5. The number of nitrogens with one attached hydrogen (secondary N) is 2. The first-order valence-corrected chi connectivity index (χ1v) is 12.3. The number of nitrogens with zero attached hydrogens (tertiary/aromatic N) is 5. The number of alkyl carbamates (subject to hydrolysis) is 2. The average Bonchev–Trinajstić information content (AvgIpc) is 2.86. The summed E-state index contributed by atoms with van der Waals surface area (Å²) in [4.78, 5) is 26.2. The molecule has 2 N–H and O–H groups in total. The van der Waals surface area contributed by atoms with E-state index in [-0.39, 0.29) is 0 Å². The Morgan fingerprint density at radius 3 is 1.54 bits per heavy atom. The van der Waals surface area contributed by atoms with Crippen molar-refractivity contribution < 1.29 is 19.1 Å². The van der Waals surface area contributed by atoms with Gasteiger partial charge in [0.05, 0.1) is 6.57 Å². The molecule has 0 atom stereocenters. The standard InChI is InChI=1S/C15H19N5O2.C13H16N2O2/c1-10-17-19-13(20-18-10)12-7-5-11(6-8-12)9-16-14(21)22-15(2,3)4;1-13(2,3)17-12(16)15-9-10-5-7-11(14-4)8-6-10/h5-8H,9H2,1-4H3,(H,16,21);5-8H,9H2,1-3H3,(H,15,16). The van der Waals surface area contributed by atoms with Gasteiger partial charge in [-0.05, 0) is 59.6 Å². The first-order chi connectivity index (χ1) is 18.2. The molecule has 0 fully saturated rings. The lowest BCUT2D eigenvalue weighted by molar-refractivity contribution is 0.0512. The van der Waals surface area contributed by atoms with Crippen LogP contribution in [-0.4, -0.2) is 43.8 Å². The van der Waals surface area contributed by atoms with Crippen molar-refractivity contribution in [1.29, 1.82) is 0 Å². The van der Waals surface area contributed by atoms with Crippen LogP contribution in [0, 0.1) is 13.5 Å². The van der Waals surface area contributed by atoms with Gasteiger partial charge in [0.1, 0.15) is 11.2 Å². The Balaban J connectivity index is 0.000000283. The monoisotopic (exact) mass is 533 g/mol. The molecule has 0 saturated carbocycles. The summed E-state index contributed by atoms with van der Waals surface area (Å²) in [6.45, 7) is 20.3. The van der Waals surface area contributed by atoms with Crippen LogP contribution in [0.2, 0.25) is 0 Å². The highest BCUT2D eigenvalue weighted by molar-refractivity contribution is 5.68. The van der Waals surface area contributed by atoms with E-state index in [4.69, 9.17) is 16.0 Å². The average molecular weight is 534 g/mol. The summed E-state index contributed by atoms with van der Waals surface area (Å²) in [6.07, 6.45) is -0.876. The largest absolute Gasteiger partial charge is 0.444 e. The zero-order valence-electron chi connectivity index (χ0n) is 23.4. The molecule has 0 aliphatic heterocycles. The molecule has 0 radical (unpaired) electrons. The molecule has 11 nitrogen and oxygen atoms in total. The molecule has 0 spiro atoms. The molecular weight excluding hydrogens is 498 g/mol. The first-order valence-electron chi connectivity index (χ1n) is 12.3. The summed E-state index contributed by atoms with van der Waals surface area (Å²) < 4.78 is 10.3. The van der Waals surface area contributed by atoms with Crippen LogP contribution in [-0.2, 0) is 22.6 Å². The summed E-state index contributed by atoms with van der Waals surface area (Å²) in [6, 6.07) is 14.6. The van der Waals surface area contributed by atoms with Crippen LogP contribution in [0.15, 0.2) is 48.5 Å². The number of aromatic nitrogens is 4. The van der Waals surface area contributed by atoms with Gasteiger partial charge < -0.3 is 20.1 Å². The number of hydrogen-bond donors (Lipinski definition) is 2. The Labute approximate surface area is 229 Å². The fraction of sp³-hybridized carbons (Fsp3) is 0.393. The summed E-state index contributed by atoms with van der Waals surface area (Å²) >= 11 is 0. The SMILES string of the molecule is Cc1nnc(-c2ccc(CNC(=O)OC(C)(C)C)cc2)nn1.[C-]#[N+]c1ccc(CNC(=O)OC(C)(C)C)cc1. The van der Waals surface area contributed by atoms with Crippen LogP contribution in [0.4, 0.5) is 15.3 Å². The quantitative estimate of drug-likeness (QED) is 0.409. The third-order valence-corrected chi connectivity index (χ3v) is 4.53. The lowest BCUT2D eigenvalue weighted by atomic mass is 10.1. The Morgan fingerprint density at radius 1 is 0.744 bits per heavy atom. The molecule has 0 aliphatic carbocycles. The summed E-state index contributed by atoms with van der Waals surface area (Å²) in [5.41, 5.74) is 2.30. The molecule has 0 unspecified atom stereocenters. The van der Waals surface area contributed by atoms with E-state index in [1.165, 1.54) is 0 Å². The molecule has 2 aromatic carbocycles. The maximum Gasteiger partial charge on any atom is 0.407 e. The number of carbonyl (C=O) groups excluding carboxylic acids is 2. The van der Waals surface area contributed by atoms with Crippen LogP contribution in [0.25, 0.3) is 16.2 Å². The van der Waals surface area contributed by atoms with E-state index in [9.17, 15) is 9.59 Å². The van der Waals surface area contributed by atoms with Gasteiger partial charge in [-0.1, -0.05) is 48.5 Å². The van der Waals surface area contributed by atoms with Crippen molar-refractivity contribution in [3.63, 3.8) is 0 Å². The Morgan fingerprint density at radius 2 is 1.15 bits per heavy atom. The number of amides is 2. The molecule has 206 valence electrons. The fourth-order valence-electron chi connectivity index (χ4n) is 2.83. The number of benzene rings is 2. The Bertz CT molecular complexity index is 1260. The number of carbonyl (C=O) groups is 2. The summed E-state index contributed by atoms with van der Waals surface area (Å²) in [5.74, 6) is 0.999. The predicted molar refractivity (Wildman–Crippen MR) is 147 cm³/mol. The predicted octanol–water partition coefficient (Wildman–Crippen LogP) is 5.53. The number of ether oxygens (including phenoxy) is 2. The molecular formula is C28H35N7O4. The van der Waals surface area contributed by atoms with Crippen molar-refractivity contribution in [1.82, 2.24) is 31.0 Å². The molecule has 3 rings (SSSR count). The van der Waals surface area contributed by atoms with E-state index in [2.05, 4.69) is 35.9 Å². The van der Waals surface area contributed by atoms with Gasteiger partial charge >= 0.3 is 12.2 Å². The highest BCUT2D eigenvalue weighted by Gasteiger charge is 2.16. The Hall–Kier alpha value is -4.59. The van der Waals surface area contributed by atoms with Gasteiger partial charge in [-0.25, -0.2) is 14.4 Å². The van der Waals surface area contributed by atoms with E-state index in [1.54, 1.807) is 19.1 Å². The van der Waals surface area contributed by atoms with Crippen molar-refractivity contribution >= 4 is 17.9 Å². The van der Waals surface area contributed by atoms with E-state index in [0.29, 0.717) is 30.4 Å². The lowest BCUT2D eigenvalue weighted by Crippen LogP contribution is -2.32. The van der Waals surface area contributed by atoms with Crippen LogP contribution in [0.1, 0.15) is 58.5 Å². The van der Waals surface area contributed by atoms with Crippen molar-refractivity contribution in [2.45, 2.75) is 72.8 Å². The molecule has 0 bridgehead atoms. The molecule has 11 heteroatoms. The van der Waals surface area contributed by atoms with Gasteiger partial charge in [0.2, 0.25) is 5.82 Å². The minimum Gasteiger partial charge on any atom is -0.444 e. The molecule has 2 amide bonds. The topological polar surface area (TPSA) is 133 Å². The molecule has 0 aliphatic rings. The van der Waals surface area contributed by atoms with Crippen molar-refractivity contribution in [3.8, 4) is 11.4 Å². The maximum atomic E-state index is 11.6. The third-order valence-electron chi connectivity index (χ3n) is 4.53. The summed E-state index contributed by atoms with van der Waals surface area (Å²) in [5, 5.41) is 21.1. The fourth-order valence-corrected chi connectivity index (χ4v) is 2.83. The minimum atomic E-state index is -0.503. The normalized spacial score (nSPS) is 10.8. The van der Waals surface area contributed by atoms with Crippen molar-refractivity contribution in [2.75, 3.05) is 0 Å². The smallest absolute Gasteiger partial charge is 0.407 e. The lowest BCUT2D eigenvalue weighted by Gasteiger charge is -2.19. The summed E-state index contributed by atoms with van der Waals surface area (Å²) in [7, 11) is 0. The molecule has 1 aromatic heterocycles. The van der Waals surface area contributed by atoms with E-state index < -0.39 is 23.4 Å². The van der Waals surface area contributed by atoms with Gasteiger partial charge in [0, 0.05) is 18.7 Å². The zero-order valence-corrected chi connectivity index (χ0v) is 23.4. The second-order valence-electron chi connectivity index (χ2n) is 10.5. The van der Waals surface area contributed by atoms with Crippen molar-refractivity contribution in [3.05, 3.63) is 76.9 Å². The van der Waals surface area contributed by atoms with E-state index >= 15 is 0 Å². The zero-order chi connectivity index (χ0) is 29.1. The minimum absolute atomic E-state index is 0.389.